The second kappa shape index (κ2) is 8.71. The van der Waals surface area contributed by atoms with Crippen molar-refractivity contribution in [1.82, 2.24) is 24.5 Å². The molecule has 6 nitrogen and oxygen atoms in total. The Bertz CT molecular complexity index is 799. The van der Waals surface area contributed by atoms with Crippen LogP contribution in [0.15, 0.2) is 48.9 Å². The lowest BCUT2D eigenvalue weighted by atomic mass is 10.2. The highest BCUT2D eigenvalue weighted by atomic mass is 32.2. The minimum Gasteiger partial charge on any atom is -0.354 e. The highest BCUT2D eigenvalue weighted by Gasteiger charge is 2.18. The molecule has 0 unspecified atom stereocenters. The standard InChI is InChI=1S/C18H23N5OS/c1-25-14-9-15(22-11-4-5-12-22)18(24)19-10-6-8-17-21-20-16-7-2-3-13-23(16)17/h2-5,7,11-13,15H,6,8-10,14H2,1H3,(H,19,24)/t15-/m0/s1. The van der Waals surface area contributed by atoms with Crippen molar-refractivity contribution in [1.29, 1.82) is 0 Å². The number of aromatic nitrogens is 4. The Morgan fingerprint density at radius 3 is 2.80 bits per heavy atom. The van der Waals surface area contributed by atoms with E-state index >= 15 is 0 Å². The van der Waals surface area contributed by atoms with E-state index in [0.717, 1.165) is 36.5 Å². The topological polar surface area (TPSA) is 64.2 Å². The Morgan fingerprint density at radius 1 is 1.20 bits per heavy atom. The average molecular weight is 357 g/mol. The van der Waals surface area contributed by atoms with Crippen molar-refractivity contribution in [3.8, 4) is 0 Å². The first-order chi connectivity index (χ1) is 12.3. The molecule has 0 fully saturated rings. The molecule has 0 radical (unpaired) electrons. The van der Waals surface area contributed by atoms with Gasteiger partial charge in [-0.25, -0.2) is 0 Å². The van der Waals surface area contributed by atoms with E-state index < -0.39 is 0 Å². The smallest absolute Gasteiger partial charge is 0.243 e. The van der Waals surface area contributed by atoms with Gasteiger partial charge < -0.3 is 9.88 Å². The molecular formula is C18H23N5OS. The largest absolute Gasteiger partial charge is 0.354 e. The zero-order valence-corrected chi connectivity index (χ0v) is 15.2. The van der Waals surface area contributed by atoms with Gasteiger partial charge in [0.1, 0.15) is 11.9 Å². The van der Waals surface area contributed by atoms with Gasteiger partial charge in [-0.15, -0.1) is 10.2 Å². The second-order valence-electron chi connectivity index (χ2n) is 5.87. The van der Waals surface area contributed by atoms with Crippen LogP contribution in [0.25, 0.3) is 5.65 Å². The molecule has 0 aromatic carbocycles. The maximum absolute atomic E-state index is 12.5. The van der Waals surface area contributed by atoms with Crippen LogP contribution in [0.3, 0.4) is 0 Å². The number of aryl methyl sites for hydroxylation is 1. The van der Waals surface area contributed by atoms with Gasteiger partial charge in [0.15, 0.2) is 5.65 Å². The van der Waals surface area contributed by atoms with E-state index in [0.29, 0.717) is 6.54 Å². The zero-order chi connectivity index (χ0) is 17.5. The normalized spacial score (nSPS) is 12.4. The van der Waals surface area contributed by atoms with E-state index in [4.69, 9.17) is 0 Å². The lowest BCUT2D eigenvalue weighted by molar-refractivity contribution is -0.124. The molecule has 3 heterocycles. The summed E-state index contributed by atoms with van der Waals surface area (Å²) in [5.74, 6) is 1.97. The predicted octanol–water partition coefficient (Wildman–Crippen LogP) is 2.57. The van der Waals surface area contributed by atoms with Gasteiger partial charge in [-0.05, 0) is 49.1 Å². The Kier molecular flexibility index (Phi) is 6.11. The van der Waals surface area contributed by atoms with Gasteiger partial charge in [0.05, 0.1) is 0 Å². The molecule has 0 aliphatic heterocycles. The van der Waals surface area contributed by atoms with E-state index in [9.17, 15) is 4.79 Å². The number of rotatable bonds is 9. The monoisotopic (exact) mass is 357 g/mol. The highest BCUT2D eigenvalue weighted by molar-refractivity contribution is 7.98. The van der Waals surface area contributed by atoms with Crippen LogP contribution in [-0.2, 0) is 11.2 Å². The molecule has 0 bridgehead atoms. The van der Waals surface area contributed by atoms with Crippen LogP contribution in [0.2, 0.25) is 0 Å². The number of thioether (sulfide) groups is 1. The lowest BCUT2D eigenvalue weighted by Crippen LogP contribution is -2.33. The molecule has 132 valence electrons. The van der Waals surface area contributed by atoms with Crippen molar-refractivity contribution in [2.45, 2.75) is 25.3 Å². The van der Waals surface area contributed by atoms with Crippen LogP contribution in [0.4, 0.5) is 0 Å². The van der Waals surface area contributed by atoms with Gasteiger partial charge in [-0.1, -0.05) is 6.07 Å². The fourth-order valence-electron chi connectivity index (χ4n) is 2.84. The van der Waals surface area contributed by atoms with Crippen LogP contribution < -0.4 is 5.32 Å². The summed E-state index contributed by atoms with van der Waals surface area (Å²) < 4.78 is 3.97. The highest BCUT2D eigenvalue weighted by Crippen LogP contribution is 2.15. The predicted molar refractivity (Wildman–Crippen MR) is 101 cm³/mol. The molecule has 0 saturated carbocycles. The molecule has 0 aliphatic carbocycles. The number of carbonyl (C=O) groups excluding carboxylic acids is 1. The number of nitrogens with one attached hydrogen (secondary N) is 1. The van der Waals surface area contributed by atoms with Crippen molar-refractivity contribution < 1.29 is 4.79 Å². The first kappa shape index (κ1) is 17.5. The number of carbonyl (C=O) groups is 1. The van der Waals surface area contributed by atoms with Gasteiger partial charge in [-0.2, -0.15) is 11.8 Å². The van der Waals surface area contributed by atoms with Gasteiger partial charge in [0, 0.05) is 31.6 Å². The summed E-state index contributed by atoms with van der Waals surface area (Å²) in [4.78, 5) is 12.5. The van der Waals surface area contributed by atoms with Crippen LogP contribution in [-0.4, -0.2) is 43.6 Å². The third-order valence-corrected chi connectivity index (χ3v) is 4.79. The van der Waals surface area contributed by atoms with E-state index in [2.05, 4.69) is 21.8 Å². The van der Waals surface area contributed by atoms with E-state index in [-0.39, 0.29) is 11.9 Å². The Hall–Kier alpha value is -2.28. The molecule has 0 saturated heterocycles. The molecule has 3 rings (SSSR count). The first-order valence-electron chi connectivity index (χ1n) is 8.47. The van der Waals surface area contributed by atoms with Crippen LogP contribution in [0, 0.1) is 0 Å². The fraction of sp³-hybridized carbons (Fsp3) is 0.389. The number of pyridine rings is 1. The van der Waals surface area contributed by atoms with Crippen molar-refractivity contribution in [3.05, 3.63) is 54.7 Å². The summed E-state index contributed by atoms with van der Waals surface area (Å²) in [5, 5.41) is 11.4. The molecule has 7 heteroatoms. The van der Waals surface area contributed by atoms with Crippen molar-refractivity contribution >= 4 is 23.3 Å². The first-order valence-corrected chi connectivity index (χ1v) is 9.86. The molecule has 3 aromatic rings. The lowest BCUT2D eigenvalue weighted by Gasteiger charge is -2.18. The summed E-state index contributed by atoms with van der Waals surface area (Å²) in [5.41, 5.74) is 0.853. The molecule has 3 aromatic heterocycles. The van der Waals surface area contributed by atoms with Crippen molar-refractivity contribution in [2.75, 3.05) is 18.6 Å². The molecule has 1 atom stereocenters. The molecule has 0 aliphatic rings. The Morgan fingerprint density at radius 2 is 2.00 bits per heavy atom. The third-order valence-electron chi connectivity index (χ3n) is 4.15. The van der Waals surface area contributed by atoms with Gasteiger partial charge in [0.2, 0.25) is 5.91 Å². The molecule has 1 amide bonds. The van der Waals surface area contributed by atoms with E-state index in [1.54, 1.807) is 11.8 Å². The maximum Gasteiger partial charge on any atom is 0.243 e. The van der Waals surface area contributed by atoms with Gasteiger partial charge in [0.25, 0.3) is 0 Å². The number of fused-ring (bicyclic) bond motifs is 1. The van der Waals surface area contributed by atoms with Crippen LogP contribution in [0.5, 0.6) is 0 Å². The maximum atomic E-state index is 12.5. The van der Waals surface area contributed by atoms with E-state index in [1.807, 2.05) is 57.9 Å². The quantitative estimate of drug-likeness (QED) is 0.598. The SMILES string of the molecule is CSCC[C@@H](C(=O)NCCCc1nnc2ccccn12)n1cccc1. The van der Waals surface area contributed by atoms with Gasteiger partial charge >= 0.3 is 0 Å². The average Bonchev–Trinajstić information content (AvgIpc) is 3.29. The molecular weight excluding hydrogens is 334 g/mol. The van der Waals surface area contributed by atoms with Gasteiger partial charge in [-0.3, -0.25) is 9.20 Å². The number of nitrogens with zero attached hydrogens (tertiary/aromatic N) is 4. The Balaban J connectivity index is 1.51. The van der Waals surface area contributed by atoms with Crippen LogP contribution in [0.1, 0.15) is 24.7 Å². The third kappa shape index (κ3) is 4.42. The summed E-state index contributed by atoms with van der Waals surface area (Å²) >= 11 is 1.76. The molecule has 25 heavy (non-hydrogen) atoms. The Labute approximate surface area is 151 Å². The molecule has 0 spiro atoms. The number of hydrogen-bond acceptors (Lipinski definition) is 4. The fourth-order valence-corrected chi connectivity index (χ4v) is 3.30. The summed E-state index contributed by atoms with van der Waals surface area (Å²) in [6, 6.07) is 9.62. The minimum atomic E-state index is -0.142. The van der Waals surface area contributed by atoms with Crippen molar-refractivity contribution in [2.24, 2.45) is 0 Å². The second-order valence-corrected chi connectivity index (χ2v) is 6.85. The summed E-state index contributed by atoms with van der Waals surface area (Å²) in [7, 11) is 0. The van der Waals surface area contributed by atoms with Crippen molar-refractivity contribution in [3.63, 3.8) is 0 Å². The zero-order valence-electron chi connectivity index (χ0n) is 14.3. The summed E-state index contributed by atoms with van der Waals surface area (Å²) in [6.45, 7) is 0.637. The number of hydrogen-bond donors (Lipinski definition) is 1. The van der Waals surface area contributed by atoms with E-state index in [1.165, 1.54) is 0 Å². The summed E-state index contributed by atoms with van der Waals surface area (Å²) in [6.07, 6.45) is 10.4. The number of amides is 1. The minimum absolute atomic E-state index is 0.0800. The molecule has 1 N–H and O–H groups in total. The van der Waals surface area contributed by atoms with Crippen LogP contribution >= 0.6 is 11.8 Å².